The Labute approximate surface area is 209 Å². The van der Waals surface area contributed by atoms with Crippen molar-refractivity contribution in [1.82, 2.24) is 15.1 Å². The minimum Gasteiger partial charge on any atom is -0.465 e. The van der Waals surface area contributed by atoms with Crippen LogP contribution in [0.15, 0.2) is 54.0 Å². The van der Waals surface area contributed by atoms with Gasteiger partial charge in [-0.15, -0.1) is 11.3 Å². The second-order valence-electron chi connectivity index (χ2n) is 9.51. The van der Waals surface area contributed by atoms with Crippen molar-refractivity contribution in [3.8, 4) is 10.4 Å². The molecule has 2 atom stereocenters. The molecule has 0 aliphatic heterocycles. The van der Waals surface area contributed by atoms with E-state index in [1.54, 1.807) is 11.3 Å². The molecule has 3 rings (SSSR count). The third-order valence-corrected chi connectivity index (χ3v) is 6.69. The summed E-state index contributed by atoms with van der Waals surface area (Å²) < 4.78 is 0. The van der Waals surface area contributed by atoms with Crippen molar-refractivity contribution in [2.24, 2.45) is 5.41 Å². The molecule has 9 heteroatoms. The Morgan fingerprint density at radius 3 is 2.51 bits per heavy atom. The van der Waals surface area contributed by atoms with Crippen LogP contribution < -0.4 is 5.32 Å². The van der Waals surface area contributed by atoms with Crippen LogP contribution in [0, 0.1) is 5.41 Å². The molecule has 0 unspecified atom stereocenters. The van der Waals surface area contributed by atoms with Crippen LogP contribution in [0.1, 0.15) is 58.6 Å². The molecule has 0 aliphatic rings. The molecule has 3 aromatic rings. The third kappa shape index (κ3) is 6.36. The third-order valence-electron chi connectivity index (χ3n) is 5.77. The second-order valence-corrected chi connectivity index (χ2v) is 10.5. The number of nitrogens with zero attached hydrogens (tertiary/aromatic N) is 2. The van der Waals surface area contributed by atoms with Crippen LogP contribution in [-0.2, 0) is 9.59 Å². The average Bonchev–Trinajstić information content (AvgIpc) is 3.52. The molecular weight excluding hydrogens is 464 g/mol. The largest absolute Gasteiger partial charge is 0.465 e. The Kier molecular flexibility index (Phi) is 8.45. The lowest BCUT2D eigenvalue weighted by atomic mass is 9.79. The van der Waals surface area contributed by atoms with Crippen LogP contribution in [0.3, 0.4) is 0 Å². The molecule has 35 heavy (non-hydrogen) atoms. The minimum atomic E-state index is -1.24. The first kappa shape index (κ1) is 26.2. The Hall–Kier alpha value is -3.46. The molecule has 2 aromatic heterocycles. The van der Waals surface area contributed by atoms with Crippen molar-refractivity contribution in [3.05, 3.63) is 59.6 Å². The number of H-pyrrole nitrogens is 1. The smallest absolute Gasteiger partial charge is 0.408 e. The monoisotopic (exact) mass is 496 g/mol. The molecule has 0 spiro atoms. The maximum atomic E-state index is 13.4. The molecule has 0 fully saturated rings. The summed E-state index contributed by atoms with van der Waals surface area (Å²) in [6.07, 6.45) is 1.82. The zero-order valence-electron chi connectivity index (χ0n) is 20.4. The number of ketones is 1. The first-order chi connectivity index (χ1) is 16.6. The SMILES string of the molecule is CCCC[C@@H](C(=O)C(=O)Nc1ccn[nH]1)N(C(=O)O)[C@H](c1cccc(-c2cccs2)c1)C(C)(C)C. The summed E-state index contributed by atoms with van der Waals surface area (Å²) in [5, 5.41) is 21.2. The van der Waals surface area contributed by atoms with Gasteiger partial charge in [0.2, 0.25) is 5.78 Å². The number of carboxylic acid groups (broad SMARTS) is 1. The maximum Gasteiger partial charge on any atom is 0.408 e. The van der Waals surface area contributed by atoms with Crippen molar-refractivity contribution in [1.29, 1.82) is 0 Å². The lowest BCUT2D eigenvalue weighted by molar-refractivity contribution is -0.139. The number of benzene rings is 1. The number of hydrogen-bond acceptors (Lipinski definition) is 5. The predicted molar refractivity (Wildman–Crippen MR) is 137 cm³/mol. The van der Waals surface area contributed by atoms with E-state index in [4.69, 9.17) is 0 Å². The summed E-state index contributed by atoms with van der Waals surface area (Å²) in [5.41, 5.74) is 1.19. The van der Waals surface area contributed by atoms with Gasteiger partial charge in [-0.3, -0.25) is 19.6 Å². The zero-order valence-corrected chi connectivity index (χ0v) is 21.3. The van der Waals surface area contributed by atoms with E-state index in [9.17, 15) is 19.5 Å². The van der Waals surface area contributed by atoms with Crippen LogP contribution in [0.2, 0.25) is 0 Å². The van der Waals surface area contributed by atoms with E-state index in [2.05, 4.69) is 15.5 Å². The number of unbranched alkanes of at least 4 members (excludes halogenated alkanes) is 1. The fourth-order valence-corrected chi connectivity index (χ4v) is 4.99. The Morgan fingerprint density at radius 2 is 1.94 bits per heavy atom. The molecule has 186 valence electrons. The highest BCUT2D eigenvalue weighted by molar-refractivity contribution is 7.13. The number of anilines is 1. The van der Waals surface area contributed by atoms with Crippen molar-refractivity contribution < 1.29 is 19.5 Å². The standard InChI is InChI=1S/C26H32N4O4S/c1-5-6-11-19(22(31)24(32)28-21-13-14-27-29-21)30(25(33)34)23(26(2,3)4)18-10-7-9-17(16-18)20-12-8-15-35-20/h7-10,12-16,19,23H,5-6,11H2,1-4H3,(H,33,34)(H2,27,28,29,32)/t19-,23+/m0/s1. The summed E-state index contributed by atoms with van der Waals surface area (Å²) in [6.45, 7) is 7.79. The van der Waals surface area contributed by atoms with Crippen molar-refractivity contribution in [2.75, 3.05) is 5.32 Å². The van der Waals surface area contributed by atoms with E-state index < -0.39 is 35.3 Å². The first-order valence-electron chi connectivity index (χ1n) is 11.6. The van der Waals surface area contributed by atoms with Crippen LogP contribution in [0.5, 0.6) is 0 Å². The molecule has 0 saturated carbocycles. The van der Waals surface area contributed by atoms with Crippen molar-refractivity contribution >= 4 is 34.9 Å². The summed E-state index contributed by atoms with van der Waals surface area (Å²) in [7, 11) is 0. The van der Waals surface area contributed by atoms with Gasteiger partial charge in [0.25, 0.3) is 5.91 Å². The lowest BCUT2D eigenvalue weighted by Gasteiger charge is -2.42. The van der Waals surface area contributed by atoms with E-state index in [0.29, 0.717) is 6.42 Å². The van der Waals surface area contributed by atoms with Gasteiger partial charge in [-0.1, -0.05) is 64.8 Å². The maximum absolute atomic E-state index is 13.4. The Balaban J connectivity index is 2.04. The molecule has 0 aliphatic carbocycles. The molecule has 0 saturated heterocycles. The topological polar surface area (TPSA) is 115 Å². The number of thiophene rings is 1. The number of rotatable bonds is 10. The molecule has 0 bridgehead atoms. The number of carbonyl (C=O) groups is 3. The van der Waals surface area contributed by atoms with Gasteiger partial charge in [-0.25, -0.2) is 4.79 Å². The highest BCUT2D eigenvalue weighted by Gasteiger charge is 2.43. The Bertz CT molecular complexity index is 1140. The van der Waals surface area contributed by atoms with Gasteiger partial charge in [-0.05, 0) is 40.5 Å². The quantitative estimate of drug-likeness (QED) is 0.299. The van der Waals surface area contributed by atoms with Gasteiger partial charge in [0.05, 0.1) is 12.2 Å². The minimum absolute atomic E-state index is 0.245. The van der Waals surface area contributed by atoms with E-state index in [1.165, 1.54) is 17.2 Å². The number of amides is 2. The summed E-state index contributed by atoms with van der Waals surface area (Å²) in [5.74, 6) is -1.39. The van der Waals surface area contributed by atoms with Crippen molar-refractivity contribution in [3.63, 3.8) is 0 Å². The zero-order chi connectivity index (χ0) is 25.6. The van der Waals surface area contributed by atoms with Gasteiger partial charge < -0.3 is 10.4 Å². The number of hydrogen-bond donors (Lipinski definition) is 3. The van der Waals surface area contributed by atoms with Crippen LogP contribution in [-0.4, -0.2) is 44.0 Å². The fourth-order valence-electron chi connectivity index (χ4n) is 4.26. The lowest BCUT2D eigenvalue weighted by Crippen LogP contribution is -2.52. The van der Waals surface area contributed by atoms with E-state index in [-0.39, 0.29) is 12.2 Å². The highest BCUT2D eigenvalue weighted by Crippen LogP contribution is 2.41. The van der Waals surface area contributed by atoms with Gasteiger partial charge in [0.15, 0.2) is 0 Å². The molecular formula is C26H32N4O4S. The van der Waals surface area contributed by atoms with E-state index >= 15 is 0 Å². The molecule has 3 N–H and O–H groups in total. The predicted octanol–water partition coefficient (Wildman–Crippen LogP) is 5.97. The van der Waals surface area contributed by atoms with E-state index in [0.717, 1.165) is 22.4 Å². The normalized spacial score (nSPS) is 13.1. The van der Waals surface area contributed by atoms with Gasteiger partial charge >= 0.3 is 6.09 Å². The highest BCUT2D eigenvalue weighted by atomic mass is 32.1. The molecule has 0 radical (unpaired) electrons. The van der Waals surface area contributed by atoms with E-state index in [1.807, 2.05) is 69.5 Å². The molecule has 2 heterocycles. The first-order valence-corrected chi connectivity index (χ1v) is 12.5. The number of Topliss-reactive ketones (excluding diaryl/α,β-unsaturated/α-hetero) is 1. The van der Waals surface area contributed by atoms with Crippen LogP contribution in [0.25, 0.3) is 10.4 Å². The number of aromatic nitrogens is 2. The summed E-state index contributed by atoms with van der Waals surface area (Å²) in [4.78, 5) is 41.2. The summed E-state index contributed by atoms with van der Waals surface area (Å²) in [6, 6.07) is 11.5. The molecule has 2 amide bonds. The van der Waals surface area contributed by atoms with Crippen molar-refractivity contribution in [2.45, 2.75) is 59.0 Å². The fraction of sp³-hybridized carbons (Fsp3) is 0.385. The van der Waals surface area contributed by atoms with Crippen LogP contribution in [0.4, 0.5) is 10.6 Å². The number of carbonyl (C=O) groups excluding carboxylic acids is 2. The summed E-state index contributed by atoms with van der Waals surface area (Å²) >= 11 is 1.60. The Morgan fingerprint density at radius 1 is 1.17 bits per heavy atom. The van der Waals surface area contributed by atoms with Gasteiger partial charge in [-0.2, -0.15) is 5.10 Å². The van der Waals surface area contributed by atoms with Gasteiger partial charge in [0, 0.05) is 10.9 Å². The number of nitrogens with one attached hydrogen (secondary N) is 2. The number of aromatic amines is 1. The second kappa shape index (κ2) is 11.3. The van der Waals surface area contributed by atoms with Crippen LogP contribution >= 0.6 is 11.3 Å². The molecule has 1 aromatic carbocycles. The molecule has 8 nitrogen and oxygen atoms in total. The van der Waals surface area contributed by atoms with Gasteiger partial charge in [0.1, 0.15) is 11.9 Å². The average molecular weight is 497 g/mol.